The number of fused-ring (bicyclic) bond motifs is 1. The van der Waals surface area contributed by atoms with Crippen molar-refractivity contribution in [3.05, 3.63) is 44.3 Å². The number of carbonyl (C=O) groups excluding carboxylic acids is 2. The fourth-order valence-corrected chi connectivity index (χ4v) is 4.43. The number of anilines is 1. The highest BCUT2D eigenvalue weighted by Crippen LogP contribution is 2.24. The Bertz CT molecular complexity index is 1040. The summed E-state index contributed by atoms with van der Waals surface area (Å²) >= 11 is 8.49. The van der Waals surface area contributed by atoms with Crippen molar-refractivity contribution in [3.63, 3.8) is 0 Å². The van der Waals surface area contributed by atoms with E-state index in [-0.39, 0.29) is 11.8 Å². The molecule has 0 fully saturated rings. The van der Waals surface area contributed by atoms with Crippen LogP contribution in [0.4, 0.5) is 5.69 Å². The number of aromatic nitrogens is 1. The monoisotopic (exact) mass is 409 g/mol. The van der Waals surface area contributed by atoms with Gasteiger partial charge in [-0.3, -0.25) is 9.59 Å². The molecule has 9 heteroatoms. The molecule has 0 aliphatic carbocycles. The molecule has 26 heavy (non-hydrogen) atoms. The van der Waals surface area contributed by atoms with Gasteiger partial charge in [0.15, 0.2) is 4.80 Å². The number of nitrogens with zero attached hydrogens (tertiary/aromatic N) is 2. The topological polar surface area (TPSA) is 72.7 Å². The maximum absolute atomic E-state index is 12.4. The van der Waals surface area contributed by atoms with Gasteiger partial charge in [-0.1, -0.05) is 22.9 Å². The Morgan fingerprint density at radius 2 is 2.08 bits per heavy atom. The first kappa shape index (κ1) is 18.8. The molecule has 6 nitrogen and oxygen atoms in total. The summed E-state index contributed by atoms with van der Waals surface area (Å²) in [6, 6.07) is 8.94. The first-order chi connectivity index (χ1) is 12.5. The maximum Gasteiger partial charge on any atom is 0.289 e. The van der Waals surface area contributed by atoms with Crippen molar-refractivity contribution in [2.75, 3.05) is 19.0 Å². The Hall–Kier alpha value is -2.00. The standard InChI is InChI=1S/C17H16ClN3O3S2/c1-10(22)19-11-3-4-12-14(9-11)26-17(21(12)7-8-24-2)20-16(23)13-5-6-15(18)25-13/h3-6,9H,7-8H2,1-2H3,(H,19,22). The third-order valence-electron chi connectivity index (χ3n) is 3.50. The normalized spacial score (nSPS) is 11.9. The minimum atomic E-state index is -0.332. The van der Waals surface area contributed by atoms with E-state index >= 15 is 0 Å². The fourth-order valence-electron chi connectivity index (χ4n) is 2.41. The van der Waals surface area contributed by atoms with Crippen molar-refractivity contribution in [2.45, 2.75) is 13.5 Å². The van der Waals surface area contributed by atoms with Crippen LogP contribution in [0.3, 0.4) is 0 Å². The van der Waals surface area contributed by atoms with Crippen molar-refractivity contribution in [2.24, 2.45) is 4.99 Å². The first-order valence-corrected chi connectivity index (χ1v) is 9.73. The summed E-state index contributed by atoms with van der Waals surface area (Å²) in [7, 11) is 1.62. The minimum Gasteiger partial charge on any atom is -0.383 e. The predicted molar refractivity (Wildman–Crippen MR) is 105 cm³/mol. The fraction of sp³-hybridized carbons (Fsp3) is 0.235. The quantitative estimate of drug-likeness (QED) is 0.697. The molecular weight excluding hydrogens is 394 g/mol. The molecule has 0 radical (unpaired) electrons. The van der Waals surface area contributed by atoms with Crippen molar-refractivity contribution in [3.8, 4) is 0 Å². The van der Waals surface area contributed by atoms with Crippen molar-refractivity contribution >= 4 is 62.0 Å². The molecule has 3 aromatic rings. The van der Waals surface area contributed by atoms with E-state index in [9.17, 15) is 9.59 Å². The lowest BCUT2D eigenvalue weighted by atomic mass is 10.3. The molecule has 0 aliphatic rings. The number of nitrogens with one attached hydrogen (secondary N) is 1. The van der Waals surface area contributed by atoms with Crippen molar-refractivity contribution in [1.29, 1.82) is 0 Å². The van der Waals surface area contributed by atoms with Crippen LogP contribution in [0.1, 0.15) is 16.6 Å². The van der Waals surface area contributed by atoms with Crippen LogP contribution in [-0.2, 0) is 16.1 Å². The largest absolute Gasteiger partial charge is 0.383 e. The number of benzene rings is 1. The number of carbonyl (C=O) groups is 2. The van der Waals surface area contributed by atoms with Crippen LogP contribution in [-0.4, -0.2) is 30.1 Å². The molecule has 0 bridgehead atoms. The number of halogens is 1. The summed E-state index contributed by atoms with van der Waals surface area (Å²) in [5, 5.41) is 2.76. The van der Waals surface area contributed by atoms with Crippen LogP contribution in [0.2, 0.25) is 4.34 Å². The average molecular weight is 410 g/mol. The molecule has 0 spiro atoms. The van der Waals surface area contributed by atoms with Crippen molar-refractivity contribution < 1.29 is 14.3 Å². The van der Waals surface area contributed by atoms with Gasteiger partial charge in [0.1, 0.15) is 0 Å². The van der Waals surface area contributed by atoms with Gasteiger partial charge in [0, 0.05) is 26.3 Å². The van der Waals surface area contributed by atoms with Gasteiger partial charge < -0.3 is 14.6 Å². The third-order valence-corrected chi connectivity index (χ3v) is 5.76. The zero-order valence-corrected chi connectivity index (χ0v) is 16.5. The molecule has 0 saturated carbocycles. The van der Waals surface area contributed by atoms with Gasteiger partial charge in [-0.05, 0) is 30.3 Å². The summed E-state index contributed by atoms with van der Waals surface area (Å²) < 4.78 is 8.58. The highest BCUT2D eigenvalue weighted by atomic mass is 35.5. The Labute approximate surface area is 162 Å². The van der Waals surface area contributed by atoms with Crippen LogP contribution >= 0.6 is 34.3 Å². The van der Waals surface area contributed by atoms with Gasteiger partial charge >= 0.3 is 0 Å². The van der Waals surface area contributed by atoms with Gasteiger partial charge in [-0.25, -0.2) is 0 Å². The highest BCUT2D eigenvalue weighted by Gasteiger charge is 2.12. The van der Waals surface area contributed by atoms with Gasteiger partial charge in [0.2, 0.25) is 5.91 Å². The number of hydrogen-bond acceptors (Lipinski definition) is 5. The number of thiophene rings is 1. The predicted octanol–water partition coefficient (Wildman–Crippen LogP) is 3.76. The number of rotatable bonds is 5. The van der Waals surface area contributed by atoms with Crippen LogP contribution in [0.25, 0.3) is 10.2 Å². The lowest BCUT2D eigenvalue weighted by Crippen LogP contribution is -2.19. The second kappa shape index (κ2) is 8.13. The Balaban J connectivity index is 2.08. The van der Waals surface area contributed by atoms with E-state index in [0.717, 1.165) is 10.2 Å². The van der Waals surface area contributed by atoms with E-state index in [0.29, 0.717) is 32.9 Å². The lowest BCUT2D eigenvalue weighted by molar-refractivity contribution is -0.114. The number of methoxy groups -OCH3 is 1. The summed E-state index contributed by atoms with van der Waals surface area (Å²) in [5.74, 6) is -0.468. The van der Waals surface area contributed by atoms with Crippen LogP contribution < -0.4 is 10.1 Å². The number of thiazole rings is 1. The average Bonchev–Trinajstić information content (AvgIpc) is 3.15. The lowest BCUT2D eigenvalue weighted by Gasteiger charge is -2.05. The molecule has 2 amide bonds. The molecule has 0 aliphatic heterocycles. The second-order valence-corrected chi connectivity index (χ2v) is 8.14. The summed E-state index contributed by atoms with van der Waals surface area (Å²) in [6.45, 7) is 2.52. The van der Waals surface area contributed by atoms with E-state index < -0.39 is 0 Å². The zero-order valence-electron chi connectivity index (χ0n) is 14.1. The van der Waals surface area contributed by atoms with Gasteiger partial charge in [-0.15, -0.1) is 11.3 Å². The summed E-state index contributed by atoms with van der Waals surface area (Å²) in [4.78, 5) is 29.0. The second-order valence-electron chi connectivity index (χ2n) is 5.41. The van der Waals surface area contributed by atoms with Crippen LogP contribution in [0, 0.1) is 0 Å². The van der Waals surface area contributed by atoms with Gasteiger partial charge in [-0.2, -0.15) is 4.99 Å². The number of ether oxygens (including phenoxy) is 1. The summed E-state index contributed by atoms with van der Waals surface area (Å²) in [5.41, 5.74) is 1.63. The molecule has 0 saturated heterocycles. The van der Waals surface area contributed by atoms with Crippen LogP contribution in [0.15, 0.2) is 35.3 Å². The van der Waals surface area contributed by atoms with Gasteiger partial charge in [0.05, 0.1) is 26.0 Å². The SMILES string of the molecule is COCCn1c(=NC(=O)c2ccc(Cl)s2)sc2cc(NC(C)=O)ccc21. The smallest absolute Gasteiger partial charge is 0.289 e. The van der Waals surface area contributed by atoms with Gasteiger partial charge in [0.25, 0.3) is 5.91 Å². The Morgan fingerprint density at radius 3 is 2.73 bits per heavy atom. The minimum absolute atomic E-state index is 0.136. The first-order valence-electron chi connectivity index (χ1n) is 7.72. The van der Waals surface area contributed by atoms with E-state index in [2.05, 4.69) is 10.3 Å². The highest BCUT2D eigenvalue weighted by molar-refractivity contribution is 7.18. The molecule has 136 valence electrons. The maximum atomic E-state index is 12.4. The molecular formula is C17H16ClN3O3S2. The summed E-state index contributed by atoms with van der Waals surface area (Å²) in [6.07, 6.45) is 0. The Kier molecular flexibility index (Phi) is 5.87. The van der Waals surface area contributed by atoms with E-state index in [1.807, 2.05) is 22.8 Å². The number of amides is 2. The third kappa shape index (κ3) is 4.21. The molecule has 2 heterocycles. The molecule has 1 aromatic carbocycles. The molecule has 1 N–H and O–H groups in total. The molecule has 0 unspecified atom stereocenters. The van der Waals surface area contributed by atoms with Crippen molar-refractivity contribution in [1.82, 2.24) is 4.57 Å². The molecule has 2 aromatic heterocycles. The van der Waals surface area contributed by atoms with Crippen LogP contribution in [0.5, 0.6) is 0 Å². The van der Waals surface area contributed by atoms with E-state index in [4.69, 9.17) is 16.3 Å². The number of hydrogen-bond donors (Lipinski definition) is 1. The molecule has 0 atom stereocenters. The van der Waals surface area contributed by atoms with E-state index in [1.165, 1.54) is 29.6 Å². The Morgan fingerprint density at radius 1 is 1.27 bits per heavy atom. The molecule has 3 rings (SSSR count). The van der Waals surface area contributed by atoms with E-state index in [1.54, 1.807) is 19.2 Å². The zero-order chi connectivity index (χ0) is 18.7.